The zero-order chi connectivity index (χ0) is 23.1. The smallest absolute Gasteiger partial charge is 0.161 e. The van der Waals surface area contributed by atoms with Crippen LogP contribution >= 0.6 is 0 Å². The second kappa shape index (κ2) is 8.30. The van der Waals surface area contributed by atoms with Gasteiger partial charge in [-0.3, -0.25) is 0 Å². The molecule has 34 heavy (non-hydrogen) atoms. The van der Waals surface area contributed by atoms with Crippen LogP contribution in [0.5, 0.6) is 5.75 Å². The number of rotatable bonds is 5. The number of ether oxygens (including phenoxy) is 3. The second-order valence-electron chi connectivity index (χ2n) is 8.98. The quantitative estimate of drug-likeness (QED) is 0.443. The van der Waals surface area contributed by atoms with Crippen LogP contribution in [-0.4, -0.2) is 24.1 Å². The summed E-state index contributed by atoms with van der Waals surface area (Å²) in [5.74, 6) is 0.726. The summed E-state index contributed by atoms with van der Waals surface area (Å²) >= 11 is 0. The summed E-state index contributed by atoms with van der Waals surface area (Å²) in [6.07, 6.45) is 3.85. The van der Waals surface area contributed by atoms with E-state index in [1.807, 2.05) is 60.7 Å². The third kappa shape index (κ3) is 3.84. The Hall–Kier alpha value is -3.63. The Bertz CT molecular complexity index is 1380. The molecule has 3 aromatic carbocycles. The van der Waals surface area contributed by atoms with Crippen molar-refractivity contribution in [3.8, 4) is 22.9 Å². The lowest BCUT2D eigenvalue weighted by molar-refractivity contribution is -0.159. The fraction of sp³-hybridized carbons (Fsp3) is 0.250. The predicted octanol–water partition coefficient (Wildman–Crippen LogP) is 5.27. The lowest BCUT2D eigenvalue weighted by Gasteiger charge is -2.35. The molecule has 1 N–H and O–H groups in total. The third-order valence-corrected chi connectivity index (χ3v) is 6.64. The maximum Gasteiger partial charge on any atom is 0.161 e. The first kappa shape index (κ1) is 20.9. The van der Waals surface area contributed by atoms with Crippen molar-refractivity contribution in [2.75, 3.05) is 6.61 Å². The minimum atomic E-state index is -0.957. The van der Waals surface area contributed by atoms with Crippen LogP contribution < -0.4 is 4.74 Å². The van der Waals surface area contributed by atoms with Crippen molar-refractivity contribution < 1.29 is 23.7 Å². The van der Waals surface area contributed by atoms with Crippen LogP contribution in [0.3, 0.4) is 0 Å². The van der Waals surface area contributed by atoms with Gasteiger partial charge in [-0.05, 0) is 63.9 Å². The molecule has 0 spiro atoms. The largest absolute Gasteiger partial charge is 0.489 e. The van der Waals surface area contributed by atoms with Gasteiger partial charge in [0.2, 0.25) is 0 Å². The maximum absolute atomic E-state index is 11.3. The molecule has 6 nitrogen and oxygen atoms in total. The lowest BCUT2D eigenvalue weighted by atomic mass is 9.83. The fourth-order valence-corrected chi connectivity index (χ4v) is 4.96. The normalized spacial score (nSPS) is 23.6. The molecule has 0 radical (unpaired) electrons. The lowest BCUT2D eigenvalue weighted by Crippen LogP contribution is -2.39. The van der Waals surface area contributed by atoms with Crippen molar-refractivity contribution in [1.82, 2.24) is 0 Å². The van der Waals surface area contributed by atoms with Gasteiger partial charge < -0.3 is 23.7 Å². The van der Waals surface area contributed by atoms with Gasteiger partial charge >= 0.3 is 0 Å². The fourth-order valence-electron chi connectivity index (χ4n) is 4.96. The summed E-state index contributed by atoms with van der Waals surface area (Å²) in [7, 11) is 0. The van der Waals surface area contributed by atoms with Crippen LogP contribution in [0.15, 0.2) is 77.6 Å². The molecular formula is C28H23NO5. The van der Waals surface area contributed by atoms with E-state index >= 15 is 0 Å². The van der Waals surface area contributed by atoms with Crippen LogP contribution in [-0.2, 0) is 21.7 Å². The summed E-state index contributed by atoms with van der Waals surface area (Å²) < 4.78 is 22.7. The Kier molecular flexibility index (Phi) is 5.11. The van der Waals surface area contributed by atoms with Crippen LogP contribution in [0.2, 0.25) is 0 Å². The van der Waals surface area contributed by atoms with Gasteiger partial charge in [-0.25, -0.2) is 0 Å². The van der Waals surface area contributed by atoms with E-state index < -0.39 is 5.60 Å². The molecule has 0 amide bonds. The van der Waals surface area contributed by atoms with E-state index in [1.165, 1.54) is 0 Å². The SMILES string of the molecule is N#Cc1cc(-c2ccoc2)c2cc(OCc3cccc([C@]4(O)C[C@H]5CO[C@@H](C4)O5)c3)ccc2c1. The number of nitriles is 1. The molecule has 4 aromatic rings. The summed E-state index contributed by atoms with van der Waals surface area (Å²) in [6.45, 7) is 0.904. The van der Waals surface area contributed by atoms with Gasteiger partial charge in [0.05, 0.1) is 42.5 Å². The highest BCUT2D eigenvalue weighted by Gasteiger charge is 2.45. The van der Waals surface area contributed by atoms with E-state index in [2.05, 4.69) is 6.07 Å². The summed E-state index contributed by atoms with van der Waals surface area (Å²) in [6, 6.07) is 21.6. The van der Waals surface area contributed by atoms with Gasteiger partial charge in [-0.2, -0.15) is 5.26 Å². The topological polar surface area (TPSA) is 84.9 Å². The number of fused-ring (bicyclic) bond motifs is 3. The van der Waals surface area contributed by atoms with Crippen molar-refractivity contribution in [1.29, 1.82) is 5.26 Å². The highest BCUT2D eigenvalue weighted by Crippen LogP contribution is 2.41. The van der Waals surface area contributed by atoms with Gasteiger partial charge in [-0.15, -0.1) is 0 Å². The first-order valence-corrected chi connectivity index (χ1v) is 11.3. The summed E-state index contributed by atoms with van der Waals surface area (Å²) in [5, 5.41) is 22.7. The molecule has 2 saturated heterocycles. The molecule has 0 saturated carbocycles. The van der Waals surface area contributed by atoms with Crippen molar-refractivity contribution in [2.45, 2.75) is 37.4 Å². The number of hydrogen-bond donors (Lipinski definition) is 1. The highest BCUT2D eigenvalue weighted by molar-refractivity contribution is 5.98. The van der Waals surface area contributed by atoms with Crippen molar-refractivity contribution in [2.24, 2.45) is 0 Å². The average molecular weight is 453 g/mol. The van der Waals surface area contributed by atoms with Crippen molar-refractivity contribution in [3.63, 3.8) is 0 Å². The first-order chi connectivity index (χ1) is 16.6. The Morgan fingerprint density at radius 3 is 2.85 bits per heavy atom. The Morgan fingerprint density at radius 2 is 2.03 bits per heavy atom. The minimum absolute atomic E-state index is 0.0628. The second-order valence-corrected chi connectivity index (χ2v) is 8.98. The van der Waals surface area contributed by atoms with E-state index in [-0.39, 0.29) is 12.4 Å². The van der Waals surface area contributed by atoms with Gasteiger partial charge in [-0.1, -0.05) is 24.3 Å². The molecule has 3 heterocycles. The van der Waals surface area contributed by atoms with E-state index in [0.29, 0.717) is 31.6 Å². The van der Waals surface area contributed by atoms with Gasteiger partial charge in [0.25, 0.3) is 0 Å². The number of hydrogen-bond acceptors (Lipinski definition) is 6. The molecular weight excluding hydrogens is 430 g/mol. The standard InChI is InChI=1S/C28H23NO5/c29-14-19-8-20-4-5-23(11-26(20)25(10-19)21-6-7-31-16-21)32-15-18-2-1-3-22(9-18)28(30)12-24-17-33-27(13-28)34-24/h1-11,16,24,27,30H,12-13,15,17H2/t24-,27+,28-/m0/s1. The Balaban J connectivity index is 1.26. The molecule has 0 aliphatic carbocycles. The first-order valence-electron chi connectivity index (χ1n) is 11.3. The number of aliphatic hydroxyl groups is 1. The van der Waals surface area contributed by atoms with Crippen LogP contribution in [0.25, 0.3) is 21.9 Å². The average Bonchev–Trinajstić information content (AvgIpc) is 3.52. The third-order valence-electron chi connectivity index (χ3n) is 6.64. The molecule has 2 aliphatic heterocycles. The minimum Gasteiger partial charge on any atom is -0.489 e. The van der Waals surface area contributed by atoms with Crippen LogP contribution in [0, 0.1) is 11.3 Å². The molecule has 2 aliphatic rings. The zero-order valence-corrected chi connectivity index (χ0v) is 18.4. The number of benzene rings is 3. The van der Waals surface area contributed by atoms with Crippen molar-refractivity contribution >= 4 is 10.8 Å². The molecule has 2 fully saturated rings. The van der Waals surface area contributed by atoms with E-state index in [1.54, 1.807) is 12.5 Å². The predicted molar refractivity (Wildman–Crippen MR) is 125 cm³/mol. The van der Waals surface area contributed by atoms with Crippen LogP contribution in [0.1, 0.15) is 29.5 Å². The monoisotopic (exact) mass is 453 g/mol. The molecule has 170 valence electrons. The van der Waals surface area contributed by atoms with E-state index in [9.17, 15) is 10.4 Å². The summed E-state index contributed by atoms with van der Waals surface area (Å²) in [4.78, 5) is 0. The van der Waals surface area contributed by atoms with E-state index in [4.69, 9.17) is 18.6 Å². The molecule has 1 aromatic heterocycles. The van der Waals surface area contributed by atoms with E-state index in [0.717, 1.165) is 38.8 Å². The maximum atomic E-state index is 11.3. The zero-order valence-electron chi connectivity index (χ0n) is 18.4. The molecule has 0 unspecified atom stereocenters. The van der Waals surface area contributed by atoms with Crippen molar-refractivity contribution in [3.05, 3.63) is 89.9 Å². The Morgan fingerprint density at radius 1 is 1.09 bits per heavy atom. The number of nitrogens with zero attached hydrogens (tertiary/aromatic N) is 1. The molecule has 2 bridgehead atoms. The van der Waals surface area contributed by atoms with Gasteiger partial charge in [0.1, 0.15) is 12.4 Å². The number of furan rings is 1. The van der Waals surface area contributed by atoms with Gasteiger partial charge in [0.15, 0.2) is 6.29 Å². The molecule has 6 rings (SSSR count). The Labute approximate surface area is 196 Å². The van der Waals surface area contributed by atoms with Gasteiger partial charge in [0, 0.05) is 18.4 Å². The highest BCUT2D eigenvalue weighted by atomic mass is 16.7. The molecule has 6 heteroatoms. The summed E-state index contributed by atoms with van der Waals surface area (Å²) in [5.41, 5.74) is 3.31. The van der Waals surface area contributed by atoms with Crippen LogP contribution in [0.4, 0.5) is 0 Å². The molecule has 3 atom stereocenters.